The number of nitrogens with two attached hydrogens (primary N) is 1. The molecule has 0 atom stereocenters. The van der Waals surface area contributed by atoms with E-state index in [1.165, 1.54) is 10.7 Å². The predicted molar refractivity (Wildman–Crippen MR) is 146 cm³/mol. The predicted octanol–water partition coefficient (Wildman–Crippen LogP) is 5.02. The Labute approximate surface area is 213 Å². The van der Waals surface area contributed by atoms with Crippen molar-refractivity contribution in [3.8, 4) is 11.5 Å². The molecule has 0 saturated carbocycles. The standard InChI is InChI=1S/C28H26N6O3/c1-4-37-23-14-18(10-12-22(23)35)15-30-34-26(29)24(28(36)31-19-11-9-16(2)17(3)13-19)25-27(34)33-21-8-6-5-7-20(21)32-25/h5-15,35H,4,29H2,1-3H3,(H,31,36). The molecule has 0 aliphatic carbocycles. The zero-order chi connectivity index (χ0) is 26.1. The number of benzene rings is 3. The summed E-state index contributed by atoms with van der Waals surface area (Å²) in [7, 11) is 0. The first-order valence-electron chi connectivity index (χ1n) is 11.8. The lowest BCUT2D eigenvalue weighted by molar-refractivity contribution is 0.102. The van der Waals surface area contributed by atoms with Gasteiger partial charge in [0.1, 0.15) is 16.9 Å². The second kappa shape index (κ2) is 9.62. The van der Waals surface area contributed by atoms with Gasteiger partial charge in [0.05, 0.1) is 23.9 Å². The van der Waals surface area contributed by atoms with Gasteiger partial charge in [-0.05, 0) is 79.9 Å². The van der Waals surface area contributed by atoms with Gasteiger partial charge in [-0.2, -0.15) is 9.78 Å². The molecule has 9 heteroatoms. The van der Waals surface area contributed by atoms with E-state index >= 15 is 0 Å². The van der Waals surface area contributed by atoms with Gasteiger partial charge < -0.3 is 20.9 Å². The average Bonchev–Trinajstić information content (AvgIpc) is 3.15. The molecule has 9 nitrogen and oxygen atoms in total. The van der Waals surface area contributed by atoms with Crippen molar-refractivity contribution in [2.45, 2.75) is 20.8 Å². The number of rotatable bonds is 6. The Morgan fingerprint density at radius 3 is 2.57 bits per heavy atom. The normalized spacial score (nSPS) is 11.4. The summed E-state index contributed by atoms with van der Waals surface area (Å²) in [6.45, 7) is 6.24. The van der Waals surface area contributed by atoms with Gasteiger partial charge in [0.2, 0.25) is 0 Å². The van der Waals surface area contributed by atoms with Gasteiger partial charge in [0, 0.05) is 5.69 Å². The van der Waals surface area contributed by atoms with E-state index < -0.39 is 5.91 Å². The number of anilines is 2. The Morgan fingerprint density at radius 1 is 1.08 bits per heavy atom. The number of nitrogens with one attached hydrogen (secondary N) is 1. The maximum atomic E-state index is 13.5. The molecule has 5 rings (SSSR count). The Kier molecular flexibility index (Phi) is 6.19. The lowest BCUT2D eigenvalue weighted by atomic mass is 10.1. The summed E-state index contributed by atoms with van der Waals surface area (Å²) in [5.41, 5.74) is 12.2. The van der Waals surface area contributed by atoms with E-state index in [0.717, 1.165) is 11.1 Å². The van der Waals surface area contributed by atoms with Crippen molar-refractivity contribution in [1.29, 1.82) is 0 Å². The third kappa shape index (κ3) is 4.54. The van der Waals surface area contributed by atoms with Gasteiger partial charge in [-0.3, -0.25) is 4.79 Å². The highest BCUT2D eigenvalue weighted by Crippen LogP contribution is 2.30. The lowest BCUT2D eigenvalue weighted by Crippen LogP contribution is -2.14. The van der Waals surface area contributed by atoms with Crippen LogP contribution in [0.1, 0.15) is 34.0 Å². The van der Waals surface area contributed by atoms with E-state index in [-0.39, 0.29) is 17.1 Å². The molecule has 0 bridgehead atoms. The zero-order valence-corrected chi connectivity index (χ0v) is 20.7. The molecular weight excluding hydrogens is 468 g/mol. The molecule has 0 fully saturated rings. The monoisotopic (exact) mass is 494 g/mol. The first-order valence-corrected chi connectivity index (χ1v) is 11.8. The second-order valence-corrected chi connectivity index (χ2v) is 8.61. The Morgan fingerprint density at radius 2 is 1.84 bits per heavy atom. The number of amides is 1. The number of phenols is 1. The summed E-state index contributed by atoms with van der Waals surface area (Å²) >= 11 is 0. The molecule has 2 heterocycles. The van der Waals surface area contributed by atoms with Crippen molar-refractivity contribution in [2.75, 3.05) is 17.7 Å². The molecule has 1 amide bonds. The van der Waals surface area contributed by atoms with Gasteiger partial charge in [0.15, 0.2) is 17.1 Å². The SMILES string of the molecule is CCOc1cc(C=Nn2c(N)c(C(=O)Nc3ccc(C)c(C)c3)c3nc4ccccc4nc32)ccc1O. The van der Waals surface area contributed by atoms with Crippen LogP contribution in [0.3, 0.4) is 0 Å². The van der Waals surface area contributed by atoms with Crippen molar-refractivity contribution < 1.29 is 14.6 Å². The Balaban J connectivity index is 1.62. The number of ether oxygens (including phenoxy) is 1. The van der Waals surface area contributed by atoms with Crippen LogP contribution in [0, 0.1) is 13.8 Å². The van der Waals surface area contributed by atoms with Crippen LogP contribution in [0.25, 0.3) is 22.2 Å². The molecule has 3 aromatic carbocycles. The van der Waals surface area contributed by atoms with Crippen LogP contribution in [0.5, 0.6) is 11.5 Å². The Hall–Kier alpha value is -4.92. The molecule has 37 heavy (non-hydrogen) atoms. The third-order valence-electron chi connectivity index (χ3n) is 6.07. The van der Waals surface area contributed by atoms with Crippen LogP contribution in [0.15, 0.2) is 65.8 Å². The number of fused-ring (bicyclic) bond motifs is 2. The number of hydrogen-bond acceptors (Lipinski definition) is 7. The number of hydrogen-bond donors (Lipinski definition) is 3. The van der Waals surface area contributed by atoms with E-state index in [0.29, 0.717) is 45.8 Å². The highest BCUT2D eigenvalue weighted by atomic mass is 16.5. The molecule has 2 aromatic heterocycles. The number of aryl methyl sites for hydroxylation is 2. The quantitative estimate of drug-likeness (QED) is 0.284. The number of para-hydroxylation sites is 2. The molecule has 0 saturated heterocycles. The molecule has 0 radical (unpaired) electrons. The maximum Gasteiger partial charge on any atom is 0.261 e. The lowest BCUT2D eigenvalue weighted by Gasteiger charge is -2.08. The first kappa shape index (κ1) is 23.8. The van der Waals surface area contributed by atoms with Crippen LogP contribution in [-0.2, 0) is 0 Å². The maximum absolute atomic E-state index is 13.5. The Bertz CT molecular complexity index is 1690. The van der Waals surface area contributed by atoms with E-state index in [2.05, 4.69) is 10.4 Å². The van der Waals surface area contributed by atoms with E-state index in [9.17, 15) is 9.90 Å². The molecule has 4 N–H and O–H groups in total. The minimum absolute atomic E-state index is 0.0348. The van der Waals surface area contributed by atoms with Gasteiger partial charge in [-0.25, -0.2) is 9.97 Å². The molecule has 0 aliphatic rings. The summed E-state index contributed by atoms with van der Waals surface area (Å²) in [4.78, 5) is 22.9. The molecule has 186 valence electrons. The van der Waals surface area contributed by atoms with Crippen LogP contribution in [0.2, 0.25) is 0 Å². The van der Waals surface area contributed by atoms with Crippen LogP contribution in [0.4, 0.5) is 11.5 Å². The fourth-order valence-electron chi connectivity index (χ4n) is 4.01. The highest BCUT2D eigenvalue weighted by Gasteiger charge is 2.24. The molecule has 5 aromatic rings. The number of nitrogen functional groups attached to an aromatic ring is 1. The number of carbonyl (C=O) groups is 1. The van der Waals surface area contributed by atoms with Gasteiger partial charge in [-0.1, -0.05) is 18.2 Å². The summed E-state index contributed by atoms with van der Waals surface area (Å²) in [6, 6.07) is 18.0. The summed E-state index contributed by atoms with van der Waals surface area (Å²) in [5.74, 6) is 0.0721. The number of nitrogens with zero attached hydrogens (tertiary/aromatic N) is 4. The number of carbonyl (C=O) groups excluding carboxylic acids is 1. The molecule has 0 aliphatic heterocycles. The van der Waals surface area contributed by atoms with Crippen molar-refractivity contribution in [2.24, 2.45) is 5.10 Å². The van der Waals surface area contributed by atoms with Gasteiger partial charge in [0.25, 0.3) is 5.91 Å². The minimum Gasteiger partial charge on any atom is -0.504 e. The van der Waals surface area contributed by atoms with E-state index in [4.69, 9.17) is 20.4 Å². The summed E-state index contributed by atoms with van der Waals surface area (Å²) in [5, 5.41) is 17.4. The average molecular weight is 495 g/mol. The van der Waals surface area contributed by atoms with E-state index in [1.54, 1.807) is 18.3 Å². The third-order valence-corrected chi connectivity index (χ3v) is 6.07. The van der Waals surface area contributed by atoms with Crippen LogP contribution >= 0.6 is 0 Å². The van der Waals surface area contributed by atoms with Crippen molar-refractivity contribution >= 4 is 45.8 Å². The van der Waals surface area contributed by atoms with Gasteiger partial charge >= 0.3 is 0 Å². The van der Waals surface area contributed by atoms with Crippen molar-refractivity contribution in [3.63, 3.8) is 0 Å². The van der Waals surface area contributed by atoms with Gasteiger partial charge in [-0.15, -0.1) is 0 Å². The number of aromatic nitrogens is 3. The molecule has 0 spiro atoms. The largest absolute Gasteiger partial charge is 0.504 e. The fourth-order valence-corrected chi connectivity index (χ4v) is 4.01. The van der Waals surface area contributed by atoms with Crippen LogP contribution in [-0.4, -0.2) is 38.5 Å². The highest BCUT2D eigenvalue weighted by molar-refractivity contribution is 6.16. The van der Waals surface area contributed by atoms with Crippen molar-refractivity contribution in [3.05, 3.63) is 82.9 Å². The number of phenolic OH excluding ortho intramolecular Hbond substituents is 1. The van der Waals surface area contributed by atoms with Crippen LogP contribution < -0.4 is 15.8 Å². The van der Waals surface area contributed by atoms with E-state index in [1.807, 2.05) is 63.2 Å². The first-order chi connectivity index (χ1) is 17.9. The summed E-state index contributed by atoms with van der Waals surface area (Å²) < 4.78 is 6.86. The smallest absolute Gasteiger partial charge is 0.261 e. The van der Waals surface area contributed by atoms with Crippen molar-refractivity contribution in [1.82, 2.24) is 14.6 Å². The topological polar surface area (TPSA) is 128 Å². The second-order valence-electron chi connectivity index (χ2n) is 8.61. The molecular formula is C28H26N6O3. The summed E-state index contributed by atoms with van der Waals surface area (Å²) in [6.07, 6.45) is 1.56. The minimum atomic E-state index is -0.410. The zero-order valence-electron chi connectivity index (χ0n) is 20.7. The molecule has 0 unspecified atom stereocenters. The fraction of sp³-hybridized carbons (Fsp3) is 0.143. The number of aromatic hydroxyl groups is 1.